The van der Waals surface area contributed by atoms with Gasteiger partial charge in [0.2, 0.25) is 0 Å². The van der Waals surface area contributed by atoms with Gasteiger partial charge in [-0.2, -0.15) is 8.78 Å². The second-order valence-electron chi connectivity index (χ2n) is 3.78. The minimum absolute atomic E-state index is 0.145. The lowest BCUT2D eigenvalue weighted by molar-refractivity contribution is 0.236. The Labute approximate surface area is 105 Å². The van der Waals surface area contributed by atoms with Crippen LogP contribution in [-0.2, 0) is 16.6 Å². The summed E-state index contributed by atoms with van der Waals surface area (Å²) in [6, 6.07) is 6.38. The van der Waals surface area contributed by atoms with Crippen LogP contribution in [0.4, 0.5) is 14.5 Å². The molecule has 0 spiro atoms. The van der Waals surface area contributed by atoms with E-state index in [0.29, 0.717) is 6.54 Å². The van der Waals surface area contributed by atoms with Crippen LogP contribution in [0, 0.1) is 0 Å². The molecule has 7 heteroatoms. The molecule has 18 heavy (non-hydrogen) atoms. The first-order valence-electron chi connectivity index (χ1n) is 5.55. The van der Waals surface area contributed by atoms with Gasteiger partial charge in [0.05, 0.1) is 0 Å². The highest BCUT2D eigenvalue weighted by Gasteiger charge is 2.23. The first-order chi connectivity index (χ1) is 8.45. The van der Waals surface area contributed by atoms with Crippen molar-refractivity contribution in [1.82, 2.24) is 5.32 Å². The second-order valence-corrected chi connectivity index (χ2v) is 5.44. The molecule has 102 valence electrons. The second kappa shape index (κ2) is 6.65. The largest absolute Gasteiger partial charge is 0.355 e. The highest BCUT2D eigenvalue weighted by Crippen LogP contribution is 2.15. The Balaban J connectivity index is 2.71. The van der Waals surface area contributed by atoms with E-state index in [1.807, 2.05) is 11.6 Å². The number of rotatable bonds is 7. The fraction of sp³-hybridized carbons (Fsp3) is 0.455. The summed E-state index contributed by atoms with van der Waals surface area (Å²) in [6.45, 7) is 3.44. The maximum absolute atomic E-state index is 12.2. The van der Waals surface area contributed by atoms with Crippen molar-refractivity contribution in [1.29, 1.82) is 0 Å². The summed E-state index contributed by atoms with van der Waals surface area (Å²) in [7, 11) is -4.60. The number of nitrogens with one attached hydrogen (secondary N) is 2. The molecule has 0 aromatic heterocycles. The summed E-state index contributed by atoms with van der Waals surface area (Å²) in [5.41, 5.74) is 0.976. The summed E-state index contributed by atoms with van der Waals surface area (Å²) in [5.74, 6) is -3.43. The highest BCUT2D eigenvalue weighted by atomic mass is 32.2. The first kappa shape index (κ1) is 14.8. The van der Waals surface area contributed by atoms with Crippen LogP contribution in [0.5, 0.6) is 0 Å². The van der Waals surface area contributed by atoms with Gasteiger partial charge in [-0.15, -0.1) is 0 Å². The average Bonchev–Trinajstić information content (AvgIpc) is 2.29. The third kappa shape index (κ3) is 4.58. The summed E-state index contributed by atoms with van der Waals surface area (Å²) in [4.78, 5) is 0. The molecule has 4 nitrogen and oxygen atoms in total. The van der Waals surface area contributed by atoms with Crippen LogP contribution in [0.1, 0.15) is 18.9 Å². The Morgan fingerprint density at radius 3 is 2.67 bits per heavy atom. The van der Waals surface area contributed by atoms with Crippen molar-refractivity contribution in [2.45, 2.75) is 25.6 Å². The molecule has 0 aliphatic heterocycles. The van der Waals surface area contributed by atoms with Crippen LogP contribution >= 0.6 is 0 Å². The lowest BCUT2D eigenvalue weighted by Gasteiger charge is -2.09. The lowest BCUT2D eigenvalue weighted by Crippen LogP contribution is -2.20. The number of benzene rings is 1. The topological polar surface area (TPSA) is 58.2 Å². The average molecular weight is 278 g/mol. The van der Waals surface area contributed by atoms with E-state index in [1.165, 1.54) is 12.1 Å². The van der Waals surface area contributed by atoms with Crippen LogP contribution < -0.4 is 10.0 Å². The molecule has 0 heterocycles. The van der Waals surface area contributed by atoms with Crippen LogP contribution in [0.15, 0.2) is 24.3 Å². The molecule has 0 saturated carbocycles. The number of anilines is 1. The fourth-order valence-electron chi connectivity index (χ4n) is 1.36. The zero-order chi connectivity index (χ0) is 13.6. The lowest BCUT2D eigenvalue weighted by atomic mass is 10.2. The van der Waals surface area contributed by atoms with E-state index in [2.05, 4.69) is 5.32 Å². The smallest absolute Gasteiger partial charge is 0.313 e. The normalized spacial score (nSPS) is 11.8. The van der Waals surface area contributed by atoms with Gasteiger partial charge in [0, 0.05) is 12.2 Å². The Kier molecular flexibility index (Phi) is 5.49. The van der Waals surface area contributed by atoms with Gasteiger partial charge in [0.25, 0.3) is 10.0 Å². The minimum Gasteiger partial charge on any atom is -0.313 e. The summed E-state index contributed by atoms with van der Waals surface area (Å²) >= 11 is 0. The van der Waals surface area contributed by atoms with E-state index in [4.69, 9.17) is 0 Å². The third-order valence-electron chi connectivity index (χ3n) is 2.18. The van der Waals surface area contributed by atoms with Crippen molar-refractivity contribution >= 4 is 15.7 Å². The van der Waals surface area contributed by atoms with Crippen molar-refractivity contribution < 1.29 is 17.2 Å². The molecule has 0 bridgehead atoms. The van der Waals surface area contributed by atoms with Crippen LogP contribution in [0.25, 0.3) is 0 Å². The van der Waals surface area contributed by atoms with Gasteiger partial charge in [-0.3, -0.25) is 4.72 Å². The molecule has 1 aromatic carbocycles. The molecule has 1 rings (SSSR count). The van der Waals surface area contributed by atoms with Crippen molar-refractivity contribution in [3.8, 4) is 0 Å². The van der Waals surface area contributed by atoms with E-state index in [9.17, 15) is 17.2 Å². The summed E-state index contributed by atoms with van der Waals surface area (Å²) in [6.07, 6.45) is 0.984. The summed E-state index contributed by atoms with van der Waals surface area (Å²) < 4.78 is 48.2. The van der Waals surface area contributed by atoms with Gasteiger partial charge in [-0.05, 0) is 30.7 Å². The molecule has 0 atom stereocenters. The zero-order valence-corrected chi connectivity index (χ0v) is 10.8. The van der Waals surface area contributed by atoms with Gasteiger partial charge < -0.3 is 5.32 Å². The zero-order valence-electron chi connectivity index (χ0n) is 9.99. The molecule has 0 fully saturated rings. The van der Waals surface area contributed by atoms with Crippen LogP contribution in [0.3, 0.4) is 0 Å². The molecule has 0 aliphatic rings. The first-order valence-corrected chi connectivity index (χ1v) is 7.10. The number of hydrogen-bond donors (Lipinski definition) is 2. The van der Waals surface area contributed by atoms with E-state index in [-0.39, 0.29) is 5.69 Å². The number of sulfonamides is 1. The maximum Gasteiger partial charge on any atom is 0.355 e. The third-order valence-corrected chi connectivity index (χ3v) is 3.17. The monoisotopic (exact) mass is 278 g/mol. The Hall–Kier alpha value is -1.21. The number of alkyl halides is 2. The van der Waals surface area contributed by atoms with Gasteiger partial charge in [0.15, 0.2) is 0 Å². The standard InChI is InChI=1S/C11H16F2N2O2S/c1-2-6-14-8-9-4-3-5-10(7-9)15-18(16,17)11(12)13/h3-5,7,11,14-15H,2,6,8H2,1H3. The molecule has 2 N–H and O–H groups in total. The Morgan fingerprint density at radius 2 is 2.06 bits per heavy atom. The maximum atomic E-state index is 12.2. The van der Waals surface area contributed by atoms with Gasteiger partial charge >= 0.3 is 5.76 Å². The number of halogens is 2. The van der Waals surface area contributed by atoms with Crippen molar-refractivity contribution in [2.24, 2.45) is 0 Å². The molecule has 0 amide bonds. The molecule has 0 saturated heterocycles. The van der Waals surface area contributed by atoms with Gasteiger partial charge in [-0.1, -0.05) is 19.1 Å². The Morgan fingerprint density at radius 1 is 1.33 bits per heavy atom. The summed E-state index contributed by atoms with van der Waals surface area (Å²) in [5, 5.41) is 3.14. The predicted molar refractivity (Wildman–Crippen MR) is 67.0 cm³/mol. The van der Waals surface area contributed by atoms with E-state index in [0.717, 1.165) is 18.5 Å². The molecule has 0 unspecified atom stereocenters. The van der Waals surface area contributed by atoms with Gasteiger partial charge in [0.1, 0.15) is 0 Å². The van der Waals surface area contributed by atoms with E-state index in [1.54, 1.807) is 12.1 Å². The molecular weight excluding hydrogens is 262 g/mol. The molecular formula is C11H16F2N2O2S. The van der Waals surface area contributed by atoms with Crippen molar-refractivity contribution in [2.75, 3.05) is 11.3 Å². The van der Waals surface area contributed by atoms with Crippen LogP contribution in [-0.4, -0.2) is 20.7 Å². The van der Waals surface area contributed by atoms with Crippen LogP contribution in [0.2, 0.25) is 0 Å². The Bertz CT molecular complexity index is 478. The molecule has 0 aliphatic carbocycles. The fourth-order valence-corrected chi connectivity index (χ4v) is 1.91. The predicted octanol–water partition coefficient (Wildman–Crippen LogP) is 2.15. The van der Waals surface area contributed by atoms with E-state index >= 15 is 0 Å². The number of hydrogen-bond acceptors (Lipinski definition) is 3. The molecule has 1 aromatic rings. The minimum atomic E-state index is -4.60. The van der Waals surface area contributed by atoms with Gasteiger partial charge in [-0.25, -0.2) is 8.42 Å². The highest BCUT2D eigenvalue weighted by molar-refractivity contribution is 7.93. The molecule has 0 radical (unpaired) electrons. The van der Waals surface area contributed by atoms with E-state index < -0.39 is 15.8 Å². The van der Waals surface area contributed by atoms with Crippen molar-refractivity contribution in [3.05, 3.63) is 29.8 Å². The SMILES string of the molecule is CCCNCc1cccc(NS(=O)(=O)C(F)F)c1. The quantitative estimate of drug-likeness (QED) is 0.751. The van der Waals surface area contributed by atoms with Crippen molar-refractivity contribution in [3.63, 3.8) is 0 Å².